The van der Waals surface area contributed by atoms with Gasteiger partial charge in [0.1, 0.15) is 4.90 Å². The second-order valence-corrected chi connectivity index (χ2v) is 6.51. The first-order valence-electron chi connectivity index (χ1n) is 5.86. The average molecular weight is 318 g/mol. The Bertz CT molecular complexity index is 627. The van der Waals surface area contributed by atoms with Crippen LogP contribution < -0.4 is 10.6 Å². The quantitative estimate of drug-likeness (QED) is 0.639. The monoisotopic (exact) mass is 317 g/mol. The molecule has 0 spiro atoms. The van der Waals surface area contributed by atoms with Crippen molar-refractivity contribution in [2.24, 2.45) is 16.2 Å². The summed E-state index contributed by atoms with van der Waals surface area (Å²) in [6.07, 6.45) is 2.31. The van der Waals surface area contributed by atoms with Crippen molar-refractivity contribution in [1.82, 2.24) is 5.43 Å². The molecule has 0 heterocycles. The fourth-order valence-corrected chi connectivity index (χ4v) is 2.37. The van der Waals surface area contributed by atoms with E-state index >= 15 is 0 Å². The number of primary sulfonamides is 1. The van der Waals surface area contributed by atoms with Gasteiger partial charge in [-0.3, -0.25) is 4.79 Å². The number of hydrazone groups is 1. The number of nitrogens with two attached hydrogens (primary N) is 1. The molecule has 0 fully saturated rings. The van der Waals surface area contributed by atoms with Crippen LogP contribution in [0.15, 0.2) is 28.2 Å². The van der Waals surface area contributed by atoms with Crippen LogP contribution in [0.1, 0.15) is 30.6 Å². The van der Waals surface area contributed by atoms with Crippen molar-refractivity contribution in [2.75, 3.05) is 0 Å². The molecule has 1 aromatic rings. The van der Waals surface area contributed by atoms with E-state index in [4.69, 9.17) is 16.7 Å². The number of rotatable bonds is 5. The fourth-order valence-electron chi connectivity index (χ4n) is 1.29. The molecule has 0 aliphatic carbocycles. The highest BCUT2D eigenvalue weighted by atomic mass is 35.5. The lowest BCUT2D eigenvalue weighted by Gasteiger charge is -2.05. The molecule has 0 atom stereocenters. The van der Waals surface area contributed by atoms with Crippen molar-refractivity contribution in [3.63, 3.8) is 0 Å². The van der Waals surface area contributed by atoms with E-state index < -0.39 is 15.9 Å². The van der Waals surface area contributed by atoms with Crippen LogP contribution in [0.25, 0.3) is 0 Å². The molecule has 1 rings (SSSR count). The summed E-state index contributed by atoms with van der Waals surface area (Å²) in [7, 11) is -3.98. The molecule has 0 saturated heterocycles. The van der Waals surface area contributed by atoms with Crippen molar-refractivity contribution in [3.8, 4) is 0 Å². The first kappa shape index (κ1) is 16.6. The van der Waals surface area contributed by atoms with Crippen LogP contribution in [0.4, 0.5) is 0 Å². The molecule has 6 nitrogen and oxygen atoms in total. The van der Waals surface area contributed by atoms with Gasteiger partial charge in [0.15, 0.2) is 0 Å². The second-order valence-electron chi connectivity index (χ2n) is 4.57. The predicted octanol–water partition coefficient (Wildman–Crippen LogP) is 1.75. The van der Waals surface area contributed by atoms with E-state index in [1.54, 1.807) is 6.21 Å². The number of nitrogens with one attached hydrogen (secondary N) is 1. The third kappa shape index (κ3) is 4.92. The number of amides is 1. The maximum absolute atomic E-state index is 11.8. The zero-order chi connectivity index (χ0) is 15.3. The highest BCUT2D eigenvalue weighted by Crippen LogP contribution is 2.21. The first-order valence-corrected chi connectivity index (χ1v) is 7.78. The fraction of sp³-hybridized carbons (Fsp3) is 0.333. The topological polar surface area (TPSA) is 102 Å². The van der Waals surface area contributed by atoms with Gasteiger partial charge >= 0.3 is 0 Å². The molecular formula is C12H16ClN3O3S. The highest BCUT2D eigenvalue weighted by molar-refractivity contribution is 7.89. The van der Waals surface area contributed by atoms with E-state index in [1.807, 2.05) is 13.8 Å². The maximum atomic E-state index is 11.8. The molecule has 0 aliphatic rings. The predicted molar refractivity (Wildman–Crippen MR) is 78.2 cm³/mol. The molecule has 110 valence electrons. The molecule has 3 N–H and O–H groups in total. The summed E-state index contributed by atoms with van der Waals surface area (Å²) in [6, 6.07) is 3.81. The molecule has 0 saturated carbocycles. The Balaban J connectivity index is 2.87. The van der Waals surface area contributed by atoms with Crippen molar-refractivity contribution >= 4 is 33.7 Å². The van der Waals surface area contributed by atoms with Crippen LogP contribution in [0.5, 0.6) is 0 Å². The summed E-state index contributed by atoms with van der Waals surface area (Å²) < 4.78 is 22.6. The van der Waals surface area contributed by atoms with Gasteiger partial charge < -0.3 is 0 Å². The number of hydrogen-bond donors (Lipinski definition) is 2. The van der Waals surface area contributed by atoms with Gasteiger partial charge in [-0.25, -0.2) is 19.0 Å². The molecule has 0 aromatic heterocycles. The lowest BCUT2D eigenvalue weighted by Crippen LogP contribution is -2.19. The van der Waals surface area contributed by atoms with Crippen LogP contribution in [-0.2, 0) is 10.0 Å². The van der Waals surface area contributed by atoms with Gasteiger partial charge in [-0.1, -0.05) is 25.4 Å². The lowest BCUT2D eigenvalue weighted by molar-refractivity contribution is 0.0955. The standard InChI is InChI=1S/C12H16ClN3O3S/c1-8(2)5-6-15-16-12(17)9-3-4-10(13)11(7-9)20(14,18)19/h3-4,6-8H,5H2,1-2H3,(H,16,17)(H2,14,18,19). The van der Waals surface area contributed by atoms with E-state index in [-0.39, 0.29) is 15.5 Å². The minimum Gasteiger partial charge on any atom is -0.267 e. The van der Waals surface area contributed by atoms with Crippen molar-refractivity contribution < 1.29 is 13.2 Å². The SMILES string of the molecule is CC(C)CC=NNC(=O)c1ccc(Cl)c(S(N)(=O)=O)c1. The molecule has 20 heavy (non-hydrogen) atoms. The van der Waals surface area contributed by atoms with E-state index in [2.05, 4.69) is 10.5 Å². The third-order valence-electron chi connectivity index (χ3n) is 2.33. The Hall–Kier alpha value is -1.44. The number of hydrogen-bond acceptors (Lipinski definition) is 4. The number of carbonyl (C=O) groups is 1. The lowest BCUT2D eigenvalue weighted by atomic mass is 10.2. The highest BCUT2D eigenvalue weighted by Gasteiger charge is 2.16. The smallest absolute Gasteiger partial charge is 0.267 e. The average Bonchev–Trinajstić information content (AvgIpc) is 2.33. The van der Waals surface area contributed by atoms with E-state index in [1.165, 1.54) is 12.1 Å². The number of carbonyl (C=O) groups excluding carboxylic acids is 1. The van der Waals surface area contributed by atoms with Crippen molar-refractivity contribution in [2.45, 2.75) is 25.2 Å². The normalized spacial score (nSPS) is 12.1. The largest absolute Gasteiger partial charge is 0.271 e. The molecule has 0 unspecified atom stereocenters. The number of sulfonamides is 1. The van der Waals surface area contributed by atoms with E-state index in [0.717, 1.165) is 12.5 Å². The molecule has 8 heteroatoms. The van der Waals surface area contributed by atoms with Crippen LogP contribution in [0.2, 0.25) is 5.02 Å². The number of halogens is 1. The van der Waals surface area contributed by atoms with Gasteiger partial charge in [0, 0.05) is 11.8 Å². The van der Waals surface area contributed by atoms with Gasteiger partial charge in [-0.05, 0) is 30.5 Å². The Morgan fingerprint density at radius 2 is 2.15 bits per heavy atom. The summed E-state index contributed by atoms with van der Waals surface area (Å²) in [5.41, 5.74) is 2.42. The Morgan fingerprint density at radius 3 is 2.70 bits per heavy atom. The third-order valence-corrected chi connectivity index (χ3v) is 3.73. The molecule has 1 aromatic carbocycles. The summed E-state index contributed by atoms with van der Waals surface area (Å²) >= 11 is 5.73. The summed E-state index contributed by atoms with van der Waals surface area (Å²) in [6.45, 7) is 4.04. The van der Waals surface area contributed by atoms with Gasteiger partial charge in [-0.15, -0.1) is 0 Å². The van der Waals surface area contributed by atoms with Crippen LogP contribution in [-0.4, -0.2) is 20.5 Å². The summed E-state index contributed by atoms with van der Waals surface area (Å²) in [4.78, 5) is 11.5. The summed E-state index contributed by atoms with van der Waals surface area (Å²) in [5, 5.41) is 8.74. The first-order chi connectivity index (χ1) is 9.21. The Kier molecular flexibility index (Phi) is 5.67. The van der Waals surface area contributed by atoms with Gasteiger partial charge in [0.2, 0.25) is 10.0 Å². The van der Waals surface area contributed by atoms with Gasteiger partial charge in [0.25, 0.3) is 5.91 Å². The molecule has 0 bridgehead atoms. The number of benzene rings is 1. The van der Waals surface area contributed by atoms with Crippen molar-refractivity contribution in [1.29, 1.82) is 0 Å². The van der Waals surface area contributed by atoms with Gasteiger partial charge in [0.05, 0.1) is 5.02 Å². The zero-order valence-corrected chi connectivity index (χ0v) is 12.7. The Morgan fingerprint density at radius 1 is 1.50 bits per heavy atom. The summed E-state index contributed by atoms with van der Waals surface area (Å²) in [5.74, 6) is -0.105. The van der Waals surface area contributed by atoms with E-state index in [0.29, 0.717) is 5.92 Å². The molecular weight excluding hydrogens is 302 g/mol. The van der Waals surface area contributed by atoms with Crippen LogP contribution in [0, 0.1) is 5.92 Å². The minimum atomic E-state index is -3.98. The molecule has 0 aliphatic heterocycles. The number of nitrogens with zero attached hydrogens (tertiary/aromatic N) is 1. The second kappa shape index (κ2) is 6.83. The Labute approximate surface area is 123 Å². The zero-order valence-electron chi connectivity index (χ0n) is 11.1. The van der Waals surface area contributed by atoms with Crippen LogP contribution >= 0.6 is 11.6 Å². The van der Waals surface area contributed by atoms with Gasteiger partial charge in [-0.2, -0.15) is 5.10 Å². The molecule has 0 radical (unpaired) electrons. The maximum Gasteiger partial charge on any atom is 0.271 e. The van der Waals surface area contributed by atoms with Crippen LogP contribution in [0.3, 0.4) is 0 Å². The minimum absolute atomic E-state index is 0.0349. The van der Waals surface area contributed by atoms with Crippen molar-refractivity contribution in [3.05, 3.63) is 28.8 Å². The molecule has 1 amide bonds. The van der Waals surface area contributed by atoms with E-state index in [9.17, 15) is 13.2 Å².